The number of aryl methyl sites for hydroxylation is 2. The Labute approximate surface area is 97.5 Å². The molecule has 0 aromatic carbocycles. The molecule has 88 valence electrons. The fourth-order valence-corrected chi connectivity index (χ4v) is 1.40. The Morgan fingerprint density at radius 2 is 2.06 bits per heavy atom. The lowest BCUT2D eigenvalue weighted by atomic mass is 10.4. The Bertz CT molecular complexity index is 564. The molecule has 7 nitrogen and oxygen atoms in total. The smallest absolute Gasteiger partial charge is 0.358 e. The van der Waals surface area contributed by atoms with Gasteiger partial charge >= 0.3 is 5.97 Å². The molecule has 0 aliphatic carbocycles. The lowest BCUT2D eigenvalue weighted by Crippen LogP contribution is -2.09. The molecule has 0 fully saturated rings. The minimum Gasteiger partial charge on any atom is -0.464 e. The minimum absolute atomic E-state index is 0.137. The van der Waals surface area contributed by atoms with E-state index in [-0.39, 0.29) is 5.69 Å². The Kier molecular flexibility index (Phi) is 2.82. The van der Waals surface area contributed by atoms with Gasteiger partial charge in [0.05, 0.1) is 19.5 Å². The first-order chi connectivity index (χ1) is 8.11. The molecule has 0 spiro atoms. The summed E-state index contributed by atoms with van der Waals surface area (Å²) in [4.78, 5) is 23.5. The summed E-state index contributed by atoms with van der Waals surface area (Å²) in [5.41, 5.74) is 0.137. The predicted octanol–water partition coefficient (Wildman–Crippen LogP) is 0.461. The van der Waals surface area contributed by atoms with Crippen molar-refractivity contribution in [2.45, 2.75) is 13.8 Å². The number of ether oxygens (including phenoxy) is 1. The number of nitrogens with zero attached hydrogens (tertiary/aromatic N) is 5. The van der Waals surface area contributed by atoms with Crippen LogP contribution in [-0.2, 0) is 4.74 Å². The highest BCUT2D eigenvalue weighted by molar-refractivity contribution is 5.86. The van der Waals surface area contributed by atoms with Gasteiger partial charge in [0.1, 0.15) is 11.6 Å². The van der Waals surface area contributed by atoms with Gasteiger partial charge in [0.25, 0.3) is 0 Å². The fourth-order valence-electron chi connectivity index (χ4n) is 1.40. The van der Waals surface area contributed by atoms with E-state index in [9.17, 15) is 4.79 Å². The Balaban J connectivity index is 2.46. The molecule has 0 amide bonds. The molecule has 0 saturated carbocycles. The third-order valence-electron chi connectivity index (χ3n) is 2.11. The number of esters is 1. The van der Waals surface area contributed by atoms with Gasteiger partial charge in [0.15, 0.2) is 11.5 Å². The molecule has 2 heterocycles. The van der Waals surface area contributed by atoms with Crippen LogP contribution in [0, 0.1) is 13.8 Å². The number of methoxy groups -OCH3 is 1. The number of carbonyl (C=O) groups is 1. The van der Waals surface area contributed by atoms with Crippen LogP contribution < -0.4 is 0 Å². The Morgan fingerprint density at radius 3 is 2.65 bits per heavy atom. The first-order valence-electron chi connectivity index (χ1n) is 4.93. The van der Waals surface area contributed by atoms with Gasteiger partial charge in [-0.1, -0.05) is 0 Å². The van der Waals surface area contributed by atoms with E-state index >= 15 is 0 Å². The molecule has 7 heteroatoms. The van der Waals surface area contributed by atoms with E-state index in [1.807, 2.05) is 0 Å². The summed E-state index contributed by atoms with van der Waals surface area (Å²) in [5.74, 6) is 1.21. The van der Waals surface area contributed by atoms with Crippen LogP contribution in [0.25, 0.3) is 5.82 Å². The third kappa shape index (κ3) is 2.12. The van der Waals surface area contributed by atoms with Gasteiger partial charge in [-0.15, -0.1) is 5.10 Å². The van der Waals surface area contributed by atoms with Gasteiger partial charge in [0, 0.05) is 0 Å². The number of hydrogen-bond acceptors (Lipinski definition) is 6. The first kappa shape index (κ1) is 11.2. The SMILES string of the molecule is COC(=O)c1cncc(-n2nc(C)nc2C)n1. The summed E-state index contributed by atoms with van der Waals surface area (Å²) in [6.45, 7) is 3.58. The maximum Gasteiger partial charge on any atom is 0.358 e. The molecule has 2 aromatic rings. The number of carbonyl (C=O) groups excluding carboxylic acids is 1. The fraction of sp³-hybridized carbons (Fsp3) is 0.300. The van der Waals surface area contributed by atoms with Gasteiger partial charge in [-0.3, -0.25) is 4.98 Å². The van der Waals surface area contributed by atoms with Crippen molar-refractivity contribution in [3.05, 3.63) is 29.7 Å². The van der Waals surface area contributed by atoms with Crippen molar-refractivity contribution in [2.24, 2.45) is 0 Å². The summed E-state index contributed by atoms with van der Waals surface area (Å²) >= 11 is 0. The van der Waals surface area contributed by atoms with E-state index in [4.69, 9.17) is 0 Å². The van der Waals surface area contributed by atoms with E-state index in [0.717, 1.165) is 0 Å². The Hall–Kier alpha value is -2.31. The molecule has 0 aliphatic rings. The second kappa shape index (κ2) is 4.28. The quantitative estimate of drug-likeness (QED) is 0.701. The van der Waals surface area contributed by atoms with Crippen molar-refractivity contribution >= 4 is 5.97 Å². The second-order valence-electron chi connectivity index (χ2n) is 3.37. The van der Waals surface area contributed by atoms with Crippen molar-refractivity contribution in [2.75, 3.05) is 7.11 Å². The molecule has 2 rings (SSSR count). The maximum atomic E-state index is 11.3. The highest BCUT2D eigenvalue weighted by Crippen LogP contribution is 2.06. The molecule has 0 aliphatic heterocycles. The van der Waals surface area contributed by atoms with Crippen LogP contribution >= 0.6 is 0 Å². The molecule has 0 radical (unpaired) electrons. The molecule has 0 bridgehead atoms. The van der Waals surface area contributed by atoms with Crippen molar-refractivity contribution in [1.29, 1.82) is 0 Å². The van der Waals surface area contributed by atoms with Crippen molar-refractivity contribution in [3.63, 3.8) is 0 Å². The van der Waals surface area contributed by atoms with Gasteiger partial charge in [-0.2, -0.15) is 4.68 Å². The molecule has 0 saturated heterocycles. The highest BCUT2D eigenvalue weighted by atomic mass is 16.5. The van der Waals surface area contributed by atoms with E-state index < -0.39 is 5.97 Å². The molecule has 2 aromatic heterocycles. The zero-order chi connectivity index (χ0) is 12.4. The molecule has 0 unspecified atom stereocenters. The van der Waals surface area contributed by atoms with Crippen LogP contribution in [0.3, 0.4) is 0 Å². The molecular weight excluding hydrogens is 222 g/mol. The molecule has 0 N–H and O–H groups in total. The standard InChI is InChI=1S/C10H11N5O2/c1-6-12-7(2)15(14-6)9-5-11-4-8(13-9)10(16)17-3/h4-5H,1-3H3. The van der Waals surface area contributed by atoms with Crippen LogP contribution in [-0.4, -0.2) is 37.8 Å². The van der Waals surface area contributed by atoms with E-state index in [2.05, 4.69) is 24.8 Å². The summed E-state index contributed by atoms with van der Waals surface area (Å²) in [7, 11) is 1.29. The Morgan fingerprint density at radius 1 is 1.29 bits per heavy atom. The van der Waals surface area contributed by atoms with Crippen LogP contribution in [0.15, 0.2) is 12.4 Å². The molecular formula is C10H11N5O2. The topological polar surface area (TPSA) is 82.8 Å². The number of rotatable bonds is 2. The van der Waals surface area contributed by atoms with Gasteiger partial charge in [-0.05, 0) is 13.8 Å². The predicted molar refractivity (Wildman–Crippen MR) is 57.8 cm³/mol. The van der Waals surface area contributed by atoms with Crippen LogP contribution in [0.2, 0.25) is 0 Å². The zero-order valence-corrected chi connectivity index (χ0v) is 9.71. The van der Waals surface area contributed by atoms with Crippen molar-refractivity contribution in [1.82, 2.24) is 24.7 Å². The minimum atomic E-state index is -0.533. The number of aromatic nitrogens is 5. The van der Waals surface area contributed by atoms with Crippen LogP contribution in [0.1, 0.15) is 22.1 Å². The average Bonchev–Trinajstić information content (AvgIpc) is 2.67. The summed E-state index contributed by atoms with van der Waals surface area (Å²) in [6.07, 6.45) is 2.85. The highest BCUT2D eigenvalue weighted by Gasteiger charge is 2.12. The van der Waals surface area contributed by atoms with E-state index in [1.54, 1.807) is 13.8 Å². The molecule has 0 atom stereocenters. The van der Waals surface area contributed by atoms with Crippen LogP contribution in [0.5, 0.6) is 0 Å². The van der Waals surface area contributed by atoms with E-state index in [0.29, 0.717) is 17.5 Å². The lowest BCUT2D eigenvalue weighted by molar-refractivity contribution is 0.0593. The molecule has 17 heavy (non-hydrogen) atoms. The zero-order valence-electron chi connectivity index (χ0n) is 9.71. The summed E-state index contributed by atoms with van der Waals surface area (Å²) < 4.78 is 6.10. The van der Waals surface area contributed by atoms with Crippen molar-refractivity contribution < 1.29 is 9.53 Å². The normalized spacial score (nSPS) is 10.3. The van der Waals surface area contributed by atoms with Crippen molar-refractivity contribution in [3.8, 4) is 5.82 Å². The summed E-state index contributed by atoms with van der Waals surface area (Å²) in [5, 5.41) is 4.16. The third-order valence-corrected chi connectivity index (χ3v) is 2.11. The first-order valence-corrected chi connectivity index (χ1v) is 4.93. The van der Waals surface area contributed by atoms with Gasteiger partial charge < -0.3 is 4.74 Å². The monoisotopic (exact) mass is 233 g/mol. The largest absolute Gasteiger partial charge is 0.464 e. The number of hydrogen-bond donors (Lipinski definition) is 0. The average molecular weight is 233 g/mol. The second-order valence-corrected chi connectivity index (χ2v) is 3.37. The van der Waals surface area contributed by atoms with Gasteiger partial charge in [0.2, 0.25) is 0 Å². The maximum absolute atomic E-state index is 11.3. The summed E-state index contributed by atoms with van der Waals surface area (Å²) in [6, 6.07) is 0. The lowest BCUT2D eigenvalue weighted by Gasteiger charge is -2.03. The van der Waals surface area contributed by atoms with Gasteiger partial charge in [-0.25, -0.2) is 14.8 Å². The van der Waals surface area contributed by atoms with Crippen LogP contribution in [0.4, 0.5) is 0 Å². The van der Waals surface area contributed by atoms with E-state index in [1.165, 1.54) is 24.2 Å².